The summed E-state index contributed by atoms with van der Waals surface area (Å²) in [7, 11) is 0. The second-order valence-corrected chi connectivity index (χ2v) is 5.28. The largest absolute Gasteiger partial charge is 0.374 e. The summed E-state index contributed by atoms with van der Waals surface area (Å²) < 4.78 is 5.43. The average Bonchev–Trinajstić information content (AvgIpc) is 2.52. The van der Waals surface area contributed by atoms with Gasteiger partial charge in [0, 0.05) is 32.3 Å². The van der Waals surface area contributed by atoms with Gasteiger partial charge in [-0.3, -0.25) is 0 Å². The molecule has 1 fully saturated rings. The third-order valence-corrected chi connectivity index (χ3v) is 3.39. The molecule has 1 aliphatic rings. The molecule has 1 aromatic heterocycles. The fourth-order valence-electron chi connectivity index (χ4n) is 2.32. The van der Waals surface area contributed by atoms with Crippen molar-refractivity contribution in [1.29, 1.82) is 0 Å². The van der Waals surface area contributed by atoms with Crippen LogP contribution in [0.5, 0.6) is 0 Å². The Bertz CT molecular complexity index is 394. The number of aromatic nitrogens is 2. The summed E-state index contributed by atoms with van der Waals surface area (Å²) in [4.78, 5) is 9.04. The first-order valence-electron chi connectivity index (χ1n) is 8.03. The lowest BCUT2D eigenvalue weighted by Gasteiger charge is -2.27. The second-order valence-electron chi connectivity index (χ2n) is 5.28. The van der Waals surface area contributed by atoms with Gasteiger partial charge >= 0.3 is 0 Å². The predicted molar refractivity (Wildman–Crippen MR) is 85.2 cm³/mol. The van der Waals surface area contributed by atoms with E-state index in [0.717, 1.165) is 43.5 Å². The normalized spacial score (nSPS) is 15.9. The SMILES string of the molecule is CCCNc1cc(NN2CCCCC2)nc(COCC)n1. The number of nitrogens with zero attached hydrogens (tertiary/aromatic N) is 3. The maximum atomic E-state index is 5.43. The third kappa shape index (κ3) is 5.47. The molecule has 6 heteroatoms. The van der Waals surface area contributed by atoms with Crippen LogP contribution in [-0.2, 0) is 11.3 Å². The highest BCUT2D eigenvalue weighted by Gasteiger charge is 2.12. The van der Waals surface area contributed by atoms with Crippen LogP contribution in [0.1, 0.15) is 45.4 Å². The molecule has 0 atom stereocenters. The number of piperidine rings is 1. The van der Waals surface area contributed by atoms with Crippen LogP contribution < -0.4 is 10.7 Å². The van der Waals surface area contributed by atoms with Crippen molar-refractivity contribution >= 4 is 11.6 Å². The summed E-state index contributed by atoms with van der Waals surface area (Å²) in [6.07, 6.45) is 4.87. The Kier molecular flexibility index (Phi) is 6.69. The molecule has 0 saturated carbocycles. The fraction of sp³-hybridized carbons (Fsp3) is 0.733. The molecule has 118 valence electrons. The van der Waals surface area contributed by atoms with E-state index in [1.807, 2.05) is 13.0 Å². The van der Waals surface area contributed by atoms with Gasteiger partial charge in [-0.1, -0.05) is 13.3 Å². The number of rotatable bonds is 8. The molecule has 1 aromatic rings. The van der Waals surface area contributed by atoms with Crippen molar-refractivity contribution in [2.24, 2.45) is 0 Å². The Balaban J connectivity index is 2.05. The minimum atomic E-state index is 0.451. The van der Waals surface area contributed by atoms with E-state index in [4.69, 9.17) is 4.74 Å². The number of anilines is 2. The molecule has 0 radical (unpaired) electrons. The van der Waals surface area contributed by atoms with E-state index in [1.54, 1.807) is 0 Å². The van der Waals surface area contributed by atoms with Crippen LogP contribution in [0.4, 0.5) is 11.6 Å². The van der Waals surface area contributed by atoms with Crippen molar-refractivity contribution < 1.29 is 4.74 Å². The van der Waals surface area contributed by atoms with Crippen molar-refractivity contribution in [1.82, 2.24) is 15.0 Å². The van der Waals surface area contributed by atoms with Gasteiger partial charge in [-0.15, -0.1) is 0 Å². The molecule has 6 nitrogen and oxygen atoms in total. The molecule has 1 aliphatic heterocycles. The van der Waals surface area contributed by atoms with E-state index in [0.29, 0.717) is 13.2 Å². The summed E-state index contributed by atoms with van der Waals surface area (Å²) in [5.74, 6) is 2.43. The Hall–Kier alpha value is -1.40. The molecule has 0 unspecified atom stereocenters. The third-order valence-electron chi connectivity index (χ3n) is 3.39. The standard InChI is InChI=1S/C15H27N5O/c1-3-8-16-13-11-14(18-15(17-13)12-21-4-2)19-20-9-6-5-7-10-20/h11H,3-10,12H2,1-2H3,(H2,16,17,18,19). The Morgan fingerprint density at radius 1 is 1.14 bits per heavy atom. The van der Waals surface area contributed by atoms with Crippen molar-refractivity contribution in [3.8, 4) is 0 Å². The molecular formula is C15H27N5O. The summed E-state index contributed by atoms with van der Waals surface area (Å²) in [5.41, 5.74) is 3.40. The van der Waals surface area contributed by atoms with Crippen LogP contribution >= 0.6 is 0 Å². The first kappa shape index (κ1) is 16.0. The van der Waals surface area contributed by atoms with Gasteiger partial charge in [0.25, 0.3) is 0 Å². The van der Waals surface area contributed by atoms with Crippen LogP contribution in [0.3, 0.4) is 0 Å². The lowest BCUT2D eigenvalue weighted by atomic mass is 10.2. The monoisotopic (exact) mass is 293 g/mol. The highest BCUT2D eigenvalue weighted by molar-refractivity contribution is 5.47. The molecule has 2 heterocycles. The van der Waals surface area contributed by atoms with Crippen molar-refractivity contribution in [2.45, 2.75) is 46.1 Å². The maximum Gasteiger partial charge on any atom is 0.158 e. The van der Waals surface area contributed by atoms with E-state index in [-0.39, 0.29) is 0 Å². The predicted octanol–water partition coefficient (Wildman–Crippen LogP) is 2.65. The first-order valence-corrected chi connectivity index (χ1v) is 8.03. The van der Waals surface area contributed by atoms with Crippen molar-refractivity contribution in [3.63, 3.8) is 0 Å². The number of nitrogens with one attached hydrogen (secondary N) is 2. The number of ether oxygens (including phenoxy) is 1. The quantitative estimate of drug-likeness (QED) is 0.768. The Labute approximate surface area is 127 Å². The molecule has 0 aliphatic carbocycles. The molecule has 1 saturated heterocycles. The van der Waals surface area contributed by atoms with E-state index < -0.39 is 0 Å². The highest BCUT2D eigenvalue weighted by Crippen LogP contribution is 2.15. The van der Waals surface area contributed by atoms with Crippen LogP contribution in [-0.4, -0.2) is 41.2 Å². The van der Waals surface area contributed by atoms with Gasteiger partial charge < -0.3 is 15.5 Å². The van der Waals surface area contributed by atoms with E-state index in [1.165, 1.54) is 19.3 Å². The Morgan fingerprint density at radius 2 is 1.90 bits per heavy atom. The topological polar surface area (TPSA) is 62.3 Å². The van der Waals surface area contributed by atoms with Crippen LogP contribution in [0, 0.1) is 0 Å². The molecule has 2 rings (SSSR count). The first-order chi connectivity index (χ1) is 10.3. The zero-order valence-corrected chi connectivity index (χ0v) is 13.2. The van der Waals surface area contributed by atoms with Gasteiger partial charge in [0.05, 0.1) is 0 Å². The number of hydrogen-bond acceptors (Lipinski definition) is 6. The van der Waals surface area contributed by atoms with E-state index in [9.17, 15) is 0 Å². The zero-order chi connectivity index (χ0) is 14.9. The maximum absolute atomic E-state index is 5.43. The molecule has 0 bridgehead atoms. The van der Waals surface area contributed by atoms with Crippen LogP contribution in [0.15, 0.2) is 6.07 Å². The minimum Gasteiger partial charge on any atom is -0.374 e. The Morgan fingerprint density at radius 3 is 2.62 bits per heavy atom. The number of hydrogen-bond donors (Lipinski definition) is 2. The lowest BCUT2D eigenvalue weighted by Crippen LogP contribution is -2.35. The number of hydrazine groups is 1. The van der Waals surface area contributed by atoms with Crippen molar-refractivity contribution in [3.05, 3.63) is 11.9 Å². The van der Waals surface area contributed by atoms with Gasteiger partial charge in [0.15, 0.2) is 5.82 Å². The molecule has 21 heavy (non-hydrogen) atoms. The van der Waals surface area contributed by atoms with Crippen molar-refractivity contribution in [2.75, 3.05) is 37.0 Å². The summed E-state index contributed by atoms with van der Waals surface area (Å²) in [6, 6.07) is 1.97. The molecule has 0 aromatic carbocycles. The fourth-order valence-corrected chi connectivity index (χ4v) is 2.32. The summed E-state index contributed by atoms with van der Waals surface area (Å²) >= 11 is 0. The smallest absolute Gasteiger partial charge is 0.158 e. The summed E-state index contributed by atoms with van der Waals surface area (Å²) in [6.45, 7) is 8.30. The highest BCUT2D eigenvalue weighted by atomic mass is 16.5. The van der Waals surface area contributed by atoms with Crippen LogP contribution in [0.25, 0.3) is 0 Å². The molecule has 0 spiro atoms. The van der Waals surface area contributed by atoms with Crippen LogP contribution in [0.2, 0.25) is 0 Å². The lowest BCUT2D eigenvalue weighted by molar-refractivity contribution is 0.128. The molecular weight excluding hydrogens is 266 g/mol. The molecule has 2 N–H and O–H groups in total. The zero-order valence-electron chi connectivity index (χ0n) is 13.2. The van der Waals surface area contributed by atoms with Gasteiger partial charge in [-0.2, -0.15) is 0 Å². The van der Waals surface area contributed by atoms with Gasteiger partial charge in [0.2, 0.25) is 0 Å². The van der Waals surface area contributed by atoms with E-state index in [2.05, 4.69) is 32.6 Å². The van der Waals surface area contributed by atoms with Gasteiger partial charge in [-0.05, 0) is 26.2 Å². The van der Waals surface area contributed by atoms with Gasteiger partial charge in [0.1, 0.15) is 18.2 Å². The average molecular weight is 293 g/mol. The van der Waals surface area contributed by atoms with Gasteiger partial charge in [-0.25, -0.2) is 15.0 Å². The summed E-state index contributed by atoms with van der Waals surface area (Å²) in [5, 5.41) is 5.56. The minimum absolute atomic E-state index is 0.451. The molecule has 0 amide bonds. The second kappa shape index (κ2) is 8.79. The van der Waals surface area contributed by atoms with E-state index >= 15 is 0 Å².